The summed E-state index contributed by atoms with van der Waals surface area (Å²) < 4.78 is 0. The molecule has 0 radical (unpaired) electrons. The van der Waals surface area contributed by atoms with Gasteiger partial charge in [0, 0.05) is 17.6 Å². The maximum absolute atomic E-state index is 12.3. The van der Waals surface area contributed by atoms with Gasteiger partial charge >= 0.3 is 0 Å². The summed E-state index contributed by atoms with van der Waals surface area (Å²) in [4.78, 5) is 16.9. The summed E-state index contributed by atoms with van der Waals surface area (Å²) in [6.07, 6.45) is 7.88. The lowest BCUT2D eigenvalue weighted by Crippen LogP contribution is -2.23. The normalized spacial score (nSPS) is 15.0. The zero-order valence-electron chi connectivity index (χ0n) is 17.0. The molecule has 1 N–H and O–H groups in total. The third kappa shape index (κ3) is 3.80. The molecule has 0 saturated heterocycles. The molecule has 0 bridgehead atoms. The number of nitrogens with zero attached hydrogens (tertiary/aromatic N) is 1. The number of carbonyl (C=O) groups is 1. The van der Waals surface area contributed by atoms with Crippen LogP contribution in [-0.2, 0) is 0 Å². The van der Waals surface area contributed by atoms with E-state index in [2.05, 4.69) is 60.5 Å². The first kappa shape index (κ1) is 18.7. The van der Waals surface area contributed by atoms with Gasteiger partial charge < -0.3 is 5.32 Å². The molecule has 1 aliphatic carbocycles. The molecule has 1 aliphatic rings. The summed E-state index contributed by atoms with van der Waals surface area (Å²) in [5.41, 5.74) is 7.45. The maximum atomic E-state index is 12.3. The first-order valence-electron chi connectivity index (χ1n) is 10.3. The third-order valence-corrected chi connectivity index (χ3v) is 5.76. The number of rotatable bonds is 4. The summed E-state index contributed by atoms with van der Waals surface area (Å²) >= 11 is 0. The Morgan fingerprint density at radius 1 is 0.964 bits per heavy atom. The molecule has 1 saturated carbocycles. The van der Waals surface area contributed by atoms with E-state index in [1.54, 1.807) is 13.1 Å². The molecule has 4 rings (SSSR count). The lowest BCUT2D eigenvalue weighted by Gasteiger charge is -2.25. The van der Waals surface area contributed by atoms with Crippen molar-refractivity contribution in [1.82, 2.24) is 4.98 Å². The second kappa shape index (κ2) is 7.75. The zero-order chi connectivity index (χ0) is 19.7. The van der Waals surface area contributed by atoms with Crippen molar-refractivity contribution in [3.63, 3.8) is 0 Å². The number of hydrogen-bond acceptors (Lipinski definition) is 3. The molecule has 3 heteroatoms. The van der Waals surface area contributed by atoms with Crippen LogP contribution >= 0.6 is 0 Å². The smallest absolute Gasteiger partial charge is 0.163 e. The maximum Gasteiger partial charge on any atom is 0.163 e. The van der Waals surface area contributed by atoms with Gasteiger partial charge in [-0.05, 0) is 56.9 Å². The number of ketones is 1. The molecule has 1 fully saturated rings. The van der Waals surface area contributed by atoms with E-state index in [4.69, 9.17) is 0 Å². The van der Waals surface area contributed by atoms with Crippen LogP contribution in [0.4, 0.5) is 5.69 Å². The van der Waals surface area contributed by atoms with Gasteiger partial charge in [-0.2, -0.15) is 0 Å². The molecular weight excluding hydrogens is 344 g/mol. The van der Waals surface area contributed by atoms with Gasteiger partial charge in [0.15, 0.2) is 5.78 Å². The van der Waals surface area contributed by atoms with E-state index in [0.29, 0.717) is 11.6 Å². The average Bonchev–Trinajstić information content (AvgIpc) is 2.67. The van der Waals surface area contributed by atoms with Gasteiger partial charge in [-0.1, -0.05) is 54.7 Å². The van der Waals surface area contributed by atoms with E-state index in [-0.39, 0.29) is 5.78 Å². The van der Waals surface area contributed by atoms with Gasteiger partial charge in [0.1, 0.15) is 0 Å². The number of nitrogens with one attached hydrogen (secondary N) is 1. The van der Waals surface area contributed by atoms with E-state index in [9.17, 15) is 4.79 Å². The molecule has 0 unspecified atom stereocenters. The van der Waals surface area contributed by atoms with Gasteiger partial charge in [-0.25, -0.2) is 0 Å². The summed E-state index contributed by atoms with van der Waals surface area (Å²) in [6, 6.07) is 13.4. The van der Waals surface area contributed by atoms with Gasteiger partial charge in [0.2, 0.25) is 0 Å². The molecule has 0 spiro atoms. The Hall–Kier alpha value is -2.68. The minimum Gasteiger partial charge on any atom is -0.381 e. The molecule has 144 valence electrons. The van der Waals surface area contributed by atoms with Crippen molar-refractivity contribution in [3.05, 3.63) is 59.3 Å². The van der Waals surface area contributed by atoms with Crippen molar-refractivity contribution in [2.75, 3.05) is 5.32 Å². The fourth-order valence-corrected chi connectivity index (χ4v) is 4.39. The van der Waals surface area contributed by atoms with Crippen molar-refractivity contribution >= 4 is 22.4 Å². The van der Waals surface area contributed by atoms with Gasteiger partial charge in [-0.3, -0.25) is 9.78 Å². The Kier molecular flexibility index (Phi) is 5.17. The number of anilines is 1. The van der Waals surface area contributed by atoms with E-state index < -0.39 is 0 Å². The van der Waals surface area contributed by atoms with Crippen LogP contribution in [0.15, 0.2) is 42.6 Å². The third-order valence-electron chi connectivity index (χ3n) is 5.76. The Morgan fingerprint density at radius 3 is 2.36 bits per heavy atom. The average molecular weight is 373 g/mol. The molecule has 0 aliphatic heterocycles. The lowest BCUT2D eigenvalue weighted by molar-refractivity contribution is 0.101. The molecule has 3 aromatic rings. The van der Waals surface area contributed by atoms with Crippen molar-refractivity contribution in [3.8, 4) is 11.1 Å². The summed E-state index contributed by atoms with van der Waals surface area (Å²) in [5, 5.41) is 4.75. The van der Waals surface area contributed by atoms with Crippen molar-refractivity contribution in [2.24, 2.45) is 0 Å². The van der Waals surface area contributed by atoms with Gasteiger partial charge in [0.05, 0.1) is 16.8 Å². The number of aryl methyl sites for hydroxylation is 2. The van der Waals surface area contributed by atoms with E-state index >= 15 is 0 Å². The zero-order valence-corrected chi connectivity index (χ0v) is 17.0. The Morgan fingerprint density at radius 2 is 1.68 bits per heavy atom. The quantitative estimate of drug-likeness (QED) is 0.534. The number of aromatic nitrogens is 1. The van der Waals surface area contributed by atoms with Crippen LogP contribution in [0, 0.1) is 13.8 Å². The predicted molar refractivity (Wildman–Crippen MR) is 117 cm³/mol. The molecule has 1 aromatic heterocycles. The first-order valence-corrected chi connectivity index (χ1v) is 10.3. The number of benzene rings is 2. The van der Waals surface area contributed by atoms with Gasteiger partial charge in [-0.15, -0.1) is 0 Å². The van der Waals surface area contributed by atoms with Crippen molar-refractivity contribution in [2.45, 2.75) is 58.9 Å². The van der Waals surface area contributed by atoms with Crippen LogP contribution in [-0.4, -0.2) is 16.8 Å². The Labute approximate surface area is 167 Å². The lowest BCUT2D eigenvalue weighted by atomic mass is 9.94. The number of pyridine rings is 1. The number of fused-ring (bicyclic) bond motifs is 1. The highest BCUT2D eigenvalue weighted by Crippen LogP contribution is 2.33. The minimum absolute atomic E-state index is 0.0597. The molecular formula is C25H28N2O. The molecule has 28 heavy (non-hydrogen) atoms. The largest absolute Gasteiger partial charge is 0.381 e. The topological polar surface area (TPSA) is 42.0 Å². The van der Waals surface area contributed by atoms with Crippen molar-refractivity contribution < 1.29 is 4.79 Å². The summed E-state index contributed by atoms with van der Waals surface area (Å²) in [6.45, 7) is 5.88. The highest BCUT2D eigenvalue weighted by atomic mass is 16.1. The van der Waals surface area contributed by atoms with E-state index in [1.165, 1.54) is 36.0 Å². The number of hydrogen-bond donors (Lipinski definition) is 1. The molecule has 1 heterocycles. The van der Waals surface area contributed by atoms with E-state index in [1.807, 2.05) is 0 Å². The standard InChI is InChI=1S/C25H28N2O/c1-16-11-17(2)13-20(12-16)19-9-10-24-22(14-19)25(23(15-26-24)18(3)28)27-21-7-5-4-6-8-21/h9-15,21H,4-8H2,1-3H3,(H,26,27). The van der Waals surface area contributed by atoms with Crippen LogP contribution in [0.3, 0.4) is 0 Å². The minimum atomic E-state index is 0.0597. The van der Waals surface area contributed by atoms with Crippen molar-refractivity contribution in [1.29, 1.82) is 0 Å². The molecule has 3 nitrogen and oxygen atoms in total. The van der Waals surface area contributed by atoms with E-state index in [0.717, 1.165) is 35.0 Å². The highest BCUT2D eigenvalue weighted by Gasteiger charge is 2.19. The number of Topliss-reactive ketones (excluding diaryl/α,β-unsaturated/α-hetero) is 1. The Balaban J connectivity index is 1.85. The molecule has 2 aromatic carbocycles. The SMILES string of the molecule is CC(=O)c1cnc2ccc(-c3cc(C)cc(C)c3)cc2c1NC1CCCCC1. The van der Waals surface area contributed by atoms with Crippen LogP contribution < -0.4 is 5.32 Å². The second-order valence-electron chi connectivity index (χ2n) is 8.19. The fourth-order valence-electron chi connectivity index (χ4n) is 4.39. The van der Waals surface area contributed by atoms with Crippen LogP contribution in [0.5, 0.6) is 0 Å². The molecule has 0 amide bonds. The van der Waals surface area contributed by atoms with Crippen LogP contribution in [0.25, 0.3) is 22.0 Å². The first-order chi connectivity index (χ1) is 13.5. The predicted octanol–water partition coefficient (Wildman–Crippen LogP) is 6.47. The second-order valence-corrected chi connectivity index (χ2v) is 8.19. The summed E-state index contributed by atoms with van der Waals surface area (Å²) in [7, 11) is 0. The fraction of sp³-hybridized carbons (Fsp3) is 0.360. The number of carbonyl (C=O) groups excluding carboxylic acids is 1. The van der Waals surface area contributed by atoms with Gasteiger partial charge in [0.25, 0.3) is 0 Å². The van der Waals surface area contributed by atoms with Crippen LogP contribution in [0.1, 0.15) is 60.5 Å². The Bertz CT molecular complexity index is 1010. The summed E-state index contributed by atoms with van der Waals surface area (Å²) in [5.74, 6) is 0.0597. The highest BCUT2D eigenvalue weighted by molar-refractivity contribution is 6.07. The van der Waals surface area contributed by atoms with Crippen LogP contribution in [0.2, 0.25) is 0 Å². The monoisotopic (exact) mass is 372 g/mol. The molecule has 0 atom stereocenters.